The molecule has 0 aromatic heterocycles. The highest BCUT2D eigenvalue weighted by atomic mass is 32.2. The standard InChI is InChI=1S/C28H27NO5S/c1-20-4-14-27(15-5-20)35(31,32)29-18-23(16-21-6-10-25(33-2)11-7-21)28(30)24(19-29)17-22-8-12-26(34-3)13-9-22/h4-17H,18-19H2,1-3H3/b23-16-,24-17+. The van der Waals surface area contributed by atoms with Gasteiger partial charge in [0.25, 0.3) is 0 Å². The Morgan fingerprint density at radius 2 is 1.14 bits per heavy atom. The quantitative estimate of drug-likeness (QED) is 0.467. The van der Waals surface area contributed by atoms with E-state index in [1.54, 1.807) is 74.9 Å². The Kier molecular flexibility index (Phi) is 7.19. The van der Waals surface area contributed by atoms with Crippen LogP contribution in [0.1, 0.15) is 16.7 Å². The van der Waals surface area contributed by atoms with E-state index in [2.05, 4.69) is 0 Å². The van der Waals surface area contributed by atoms with Gasteiger partial charge in [-0.1, -0.05) is 42.0 Å². The number of aryl methyl sites for hydroxylation is 1. The number of carbonyl (C=O) groups is 1. The average molecular weight is 490 g/mol. The zero-order valence-corrected chi connectivity index (χ0v) is 20.7. The predicted octanol–water partition coefficient (Wildman–Crippen LogP) is 4.75. The van der Waals surface area contributed by atoms with Crippen LogP contribution in [0.15, 0.2) is 88.8 Å². The Morgan fingerprint density at radius 1 is 0.714 bits per heavy atom. The summed E-state index contributed by atoms with van der Waals surface area (Å²) in [7, 11) is -0.644. The molecule has 3 aromatic carbocycles. The number of ketones is 1. The zero-order chi connectivity index (χ0) is 25.0. The lowest BCUT2D eigenvalue weighted by molar-refractivity contribution is -0.113. The summed E-state index contributed by atoms with van der Waals surface area (Å²) in [6, 6.07) is 21.3. The smallest absolute Gasteiger partial charge is 0.243 e. The van der Waals surface area contributed by atoms with Gasteiger partial charge in [-0.25, -0.2) is 8.42 Å². The van der Waals surface area contributed by atoms with Crippen molar-refractivity contribution in [1.82, 2.24) is 4.31 Å². The van der Waals surface area contributed by atoms with Crippen LogP contribution in [0.2, 0.25) is 0 Å². The Bertz CT molecular complexity index is 1300. The molecule has 1 aliphatic heterocycles. The molecule has 0 aliphatic carbocycles. The van der Waals surface area contributed by atoms with E-state index in [4.69, 9.17) is 9.47 Å². The molecule has 0 spiro atoms. The second-order valence-corrected chi connectivity index (χ2v) is 10.2. The Morgan fingerprint density at radius 3 is 1.54 bits per heavy atom. The van der Waals surface area contributed by atoms with Gasteiger partial charge in [0.1, 0.15) is 11.5 Å². The number of ether oxygens (including phenoxy) is 2. The van der Waals surface area contributed by atoms with E-state index in [-0.39, 0.29) is 23.8 Å². The van der Waals surface area contributed by atoms with Crippen LogP contribution in [0.4, 0.5) is 0 Å². The third kappa shape index (κ3) is 5.53. The van der Waals surface area contributed by atoms with Crippen LogP contribution in [0.5, 0.6) is 11.5 Å². The number of carbonyl (C=O) groups excluding carboxylic acids is 1. The number of methoxy groups -OCH3 is 2. The molecule has 4 rings (SSSR count). The van der Waals surface area contributed by atoms with Crippen molar-refractivity contribution in [3.63, 3.8) is 0 Å². The molecule has 0 unspecified atom stereocenters. The summed E-state index contributed by atoms with van der Waals surface area (Å²) in [5.74, 6) is 1.23. The van der Waals surface area contributed by atoms with Crippen molar-refractivity contribution in [2.75, 3.05) is 27.3 Å². The molecule has 0 atom stereocenters. The molecule has 35 heavy (non-hydrogen) atoms. The van der Waals surface area contributed by atoms with Crippen molar-refractivity contribution in [3.05, 3.63) is 101 Å². The topological polar surface area (TPSA) is 72.9 Å². The summed E-state index contributed by atoms with van der Waals surface area (Å²) >= 11 is 0. The average Bonchev–Trinajstić information content (AvgIpc) is 2.87. The van der Waals surface area contributed by atoms with Gasteiger partial charge >= 0.3 is 0 Å². The molecule has 1 heterocycles. The maximum Gasteiger partial charge on any atom is 0.243 e. The molecule has 6 nitrogen and oxygen atoms in total. The van der Waals surface area contributed by atoms with Gasteiger partial charge in [-0.3, -0.25) is 4.79 Å². The van der Waals surface area contributed by atoms with Crippen LogP contribution >= 0.6 is 0 Å². The van der Waals surface area contributed by atoms with Crippen molar-refractivity contribution < 1.29 is 22.7 Å². The van der Waals surface area contributed by atoms with Crippen LogP contribution in [0.25, 0.3) is 12.2 Å². The Balaban J connectivity index is 1.75. The maximum atomic E-state index is 13.5. The molecule has 1 fully saturated rings. The summed E-state index contributed by atoms with van der Waals surface area (Å²) in [6.45, 7) is 1.88. The van der Waals surface area contributed by atoms with Crippen LogP contribution < -0.4 is 9.47 Å². The molecule has 180 valence electrons. The van der Waals surface area contributed by atoms with Gasteiger partial charge in [-0.05, 0) is 66.6 Å². The number of hydrogen-bond acceptors (Lipinski definition) is 5. The molecule has 0 N–H and O–H groups in total. The number of piperidine rings is 1. The zero-order valence-electron chi connectivity index (χ0n) is 19.9. The molecule has 7 heteroatoms. The van der Waals surface area contributed by atoms with Crippen molar-refractivity contribution in [2.45, 2.75) is 11.8 Å². The Hall–Kier alpha value is -3.68. The van der Waals surface area contributed by atoms with E-state index >= 15 is 0 Å². The summed E-state index contributed by atoms with van der Waals surface area (Å²) in [5, 5.41) is 0. The lowest BCUT2D eigenvalue weighted by atomic mass is 9.95. The van der Waals surface area contributed by atoms with E-state index in [1.165, 1.54) is 4.31 Å². The third-order valence-corrected chi connectivity index (χ3v) is 7.65. The van der Waals surface area contributed by atoms with Crippen LogP contribution in [-0.4, -0.2) is 45.8 Å². The largest absolute Gasteiger partial charge is 0.497 e. The highest BCUT2D eigenvalue weighted by molar-refractivity contribution is 7.89. The molecular formula is C28H27NO5S. The monoisotopic (exact) mass is 489 g/mol. The molecular weight excluding hydrogens is 462 g/mol. The van der Waals surface area contributed by atoms with E-state index in [0.29, 0.717) is 22.6 Å². The van der Waals surface area contributed by atoms with Gasteiger partial charge in [0, 0.05) is 24.2 Å². The molecule has 0 amide bonds. The first-order valence-electron chi connectivity index (χ1n) is 11.1. The summed E-state index contributed by atoms with van der Waals surface area (Å²) in [5.41, 5.74) is 3.34. The highest BCUT2D eigenvalue weighted by Crippen LogP contribution is 2.28. The van der Waals surface area contributed by atoms with Gasteiger partial charge in [-0.2, -0.15) is 4.31 Å². The minimum Gasteiger partial charge on any atom is -0.497 e. The van der Waals surface area contributed by atoms with E-state index in [1.807, 2.05) is 31.2 Å². The number of rotatable bonds is 6. The molecule has 0 radical (unpaired) electrons. The first kappa shape index (κ1) is 24.4. The van der Waals surface area contributed by atoms with Gasteiger partial charge in [0.15, 0.2) is 5.78 Å². The summed E-state index contributed by atoms with van der Waals surface area (Å²) < 4.78 is 38.8. The van der Waals surface area contributed by atoms with E-state index in [0.717, 1.165) is 16.7 Å². The SMILES string of the molecule is COc1ccc(/C=C2/CN(S(=O)(=O)c3ccc(C)cc3)C/C(=C\c3ccc(OC)cc3)C2=O)cc1. The second kappa shape index (κ2) is 10.3. The maximum absolute atomic E-state index is 13.5. The van der Waals surface area contributed by atoms with Crippen molar-refractivity contribution in [3.8, 4) is 11.5 Å². The number of hydrogen-bond donors (Lipinski definition) is 0. The van der Waals surface area contributed by atoms with E-state index in [9.17, 15) is 13.2 Å². The van der Waals surface area contributed by atoms with Gasteiger partial charge in [0.05, 0.1) is 19.1 Å². The summed E-state index contributed by atoms with van der Waals surface area (Å²) in [6.07, 6.45) is 3.47. The number of sulfonamides is 1. The minimum absolute atomic E-state index is 0.0129. The lowest BCUT2D eigenvalue weighted by Gasteiger charge is -2.29. The van der Waals surface area contributed by atoms with Gasteiger partial charge < -0.3 is 9.47 Å². The Labute approximate surface area is 206 Å². The van der Waals surface area contributed by atoms with Crippen LogP contribution in [0.3, 0.4) is 0 Å². The summed E-state index contributed by atoms with van der Waals surface area (Å²) in [4.78, 5) is 13.6. The number of Topliss-reactive ketones (excluding diaryl/α,β-unsaturated/α-hetero) is 1. The van der Waals surface area contributed by atoms with Crippen molar-refractivity contribution >= 4 is 28.0 Å². The van der Waals surface area contributed by atoms with Crippen molar-refractivity contribution in [2.24, 2.45) is 0 Å². The van der Waals surface area contributed by atoms with Crippen LogP contribution in [-0.2, 0) is 14.8 Å². The molecule has 3 aromatic rings. The fourth-order valence-electron chi connectivity index (χ4n) is 3.84. The number of benzene rings is 3. The highest BCUT2D eigenvalue weighted by Gasteiger charge is 2.34. The number of nitrogens with zero attached hydrogens (tertiary/aromatic N) is 1. The third-order valence-electron chi connectivity index (χ3n) is 5.85. The first-order valence-corrected chi connectivity index (χ1v) is 12.5. The van der Waals surface area contributed by atoms with Crippen molar-refractivity contribution in [1.29, 1.82) is 0 Å². The van der Waals surface area contributed by atoms with Gasteiger partial charge in [-0.15, -0.1) is 0 Å². The minimum atomic E-state index is -3.81. The molecule has 1 aliphatic rings. The van der Waals surface area contributed by atoms with E-state index < -0.39 is 10.0 Å². The predicted molar refractivity (Wildman–Crippen MR) is 137 cm³/mol. The van der Waals surface area contributed by atoms with Crippen LogP contribution in [0, 0.1) is 6.92 Å². The lowest BCUT2D eigenvalue weighted by Crippen LogP contribution is -2.41. The van der Waals surface area contributed by atoms with Gasteiger partial charge in [0.2, 0.25) is 10.0 Å². The first-order chi connectivity index (χ1) is 16.8. The molecule has 0 saturated carbocycles. The molecule has 1 saturated heterocycles. The second-order valence-electron chi connectivity index (χ2n) is 8.30. The fraction of sp³-hybridized carbons (Fsp3) is 0.179. The fourth-order valence-corrected chi connectivity index (χ4v) is 5.24. The normalized spacial score (nSPS) is 17.1. The molecule has 0 bridgehead atoms.